The van der Waals surface area contributed by atoms with E-state index < -0.39 is 5.97 Å². The number of benzene rings is 2. The van der Waals surface area contributed by atoms with E-state index in [2.05, 4.69) is 32.9 Å². The number of aliphatic imine (C=N–C) groups is 1. The fraction of sp³-hybridized carbons (Fsp3) is 0.227. The Balaban J connectivity index is 1.82. The molecule has 3 rings (SSSR count). The quantitative estimate of drug-likeness (QED) is 0.295. The third-order valence-corrected chi connectivity index (χ3v) is 5.62. The number of carbonyl (C=O) groups excluding carboxylic acids is 2. The van der Waals surface area contributed by atoms with Gasteiger partial charge in [0.05, 0.1) is 27.4 Å². The molecule has 1 aliphatic heterocycles. The molecule has 0 saturated carbocycles. The van der Waals surface area contributed by atoms with E-state index in [-0.39, 0.29) is 12.5 Å². The Bertz CT molecular complexity index is 1020. The minimum absolute atomic E-state index is 0.206. The Kier molecular flexibility index (Phi) is 8.35. The third-order valence-electron chi connectivity index (χ3n) is 3.91. The molecule has 1 N–H and O–H groups in total. The molecular weight excluding hydrogens is 531 g/mol. The molecule has 0 bridgehead atoms. The van der Waals surface area contributed by atoms with E-state index in [9.17, 15) is 9.59 Å². The van der Waals surface area contributed by atoms with Crippen molar-refractivity contribution in [2.75, 3.05) is 19.8 Å². The van der Waals surface area contributed by atoms with Crippen molar-refractivity contribution in [3.05, 3.63) is 56.5 Å². The summed E-state index contributed by atoms with van der Waals surface area (Å²) in [6.45, 7) is 4.11. The summed E-state index contributed by atoms with van der Waals surface area (Å²) in [5.74, 6) is 0.297. The standard InChI is InChI=1S/C22H21IN2O5S/c1-3-28-17-11-14(10-16(23)20(17)30-13-19(26)29-4-2)12-18-21(27)25-22(31-18)24-15-8-6-5-7-9-15/h5-12H,3-4,13H2,1-2H3,(H,24,25,27)/b18-12+. The number of rotatable bonds is 8. The van der Waals surface area contributed by atoms with Gasteiger partial charge >= 0.3 is 5.97 Å². The average Bonchev–Trinajstić information content (AvgIpc) is 3.07. The molecule has 1 amide bonds. The zero-order valence-electron chi connectivity index (χ0n) is 17.0. The number of hydrogen-bond acceptors (Lipinski definition) is 7. The van der Waals surface area contributed by atoms with E-state index in [0.29, 0.717) is 34.8 Å². The van der Waals surface area contributed by atoms with Crippen molar-refractivity contribution >= 4 is 63.2 Å². The molecule has 162 valence electrons. The zero-order valence-corrected chi connectivity index (χ0v) is 20.0. The van der Waals surface area contributed by atoms with Crippen molar-refractivity contribution in [3.63, 3.8) is 0 Å². The number of nitrogens with one attached hydrogen (secondary N) is 1. The second kappa shape index (κ2) is 11.2. The first kappa shape index (κ1) is 23.1. The predicted molar refractivity (Wildman–Crippen MR) is 130 cm³/mol. The summed E-state index contributed by atoms with van der Waals surface area (Å²) in [6.07, 6.45) is 1.77. The van der Waals surface area contributed by atoms with Crippen molar-refractivity contribution < 1.29 is 23.8 Å². The van der Waals surface area contributed by atoms with Crippen LogP contribution < -0.4 is 14.8 Å². The summed E-state index contributed by atoms with van der Waals surface area (Å²) in [7, 11) is 0. The van der Waals surface area contributed by atoms with Gasteiger partial charge in [0.25, 0.3) is 5.91 Å². The molecule has 2 aromatic carbocycles. The van der Waals surface area contributed by atoms with Crippen LogP contribution in [-0.4, -0.2) is 36.9 Å². The highest BCUT2D eigenvalue weighted by Crippen LogP contribution is 2.36. The predicted octanol–water partition coefficient (Wildman–Crippen LogP) is 4.52. The molecule has 7 nitrogen and oxygen atoms in total. The lowest BCUT2D eigenvalue weighted by molar-refractivity contribution is -0.145. The molecule has 0 atom stereocenters. The van der Waals surface area contributed by atoms with Crippen LogP contribution in [0.2, 0.25) is 0 Å². The molecule has 1 fully saturated rings. The fourth-order valence-electron chi connectivity index (χ4n) is 2.66. The SMILES string of the molecule is CCOC(=O)COc1c(I)cc(/C=C2/SC(=Nc3ccccc3)NC2=O)cc1OCC. The van der Waals surface area contributed by atoms with Crippen LogP contribution >= 0.6 is 34.4 Å². The van der Waals surface area contributed by atoms with E-state index in [0.717, 1.165) is 14.8 Å². The number of carbonyl (C=O) groups is 2. The van der Waals surface area contributed by atoms with Gasteiger partial charge in [-0.2, -0.15) is 0 Å². The van der Waals surface area contributed by atoms with Gasteiger partial charge in [0.1, 0.15) is 0 Å². The van der Waals surface area contributed by atoms with Crippen LogP contribution in [0.25, 0.3) is 6.08 Å². The summed E-state index contributed by atoms with van der Waals surface area (Å²) in [5, 5.41) is 3.30. The molecule has 31 heavy (non-hydrogen) atoms. The molecule has 1 saturated heterocycles. The summed E-state index contributed by atoms with van der Waals surface area (Å²) in [4.78, 5) is 29.0. The van der Waals surface area contributed by atoms with Crippen LogP contribution in [0, 0.1) is 3.57 Å². The average molecular weight is 552 g/mol. The maximum absolute atomic E-state index is 12.4. The summed E-state index contributed by atoms with van der Waals surface area (Å²) in [5.41, 5.74) is 1.54. The Hall–Kier alpha value is -2.53. The highest BCUT2D eigenvalue weighted by atomic mass is 127. The van der Waals surface area contributed by atoms with Crippen LogP contribution in [0.5, 0.6) is 11.5 Å². The van der Waals surface area contributed by atoms with Gasteiger partial charge in [0.15, 0.2) is 23.3 Å². The Morgan fingerprint density at radius 1 is 1.16 bits per heavy atom. The highest BCUT2D eigenvalue weighted by Gasteiger charge is 2.24. The minimum atomic E-state index is -0.448. The highest BCUT2D eigenvalue weighted by molar-refractivity contribution is 14.1. The van der Waals surface area contributed by atoms with Gasteiger partial charge in [0, 0.05) is 0 Å². The van der Waals surface area contributed by atoms with Crippen molar-refractivity contribution in [1.29, 1.82) is 0 Å². The molecule has 9 heteroatoms. The lowest BCUT2D eigenvalue weighted by Crippen LogP contribution is -2.19. The lowest BCUT2D eigenvalue weighted by Gasteiger charge is -2.14. The topological polar surface area (TPSA) is 86.2 Å². The van der Waals surface area contributed by atoms with E-state index in [1.165, 1.54) is 11.8 Å². The van der Waals surface area contributed by atoms with E-state index in [1.807, 2.05) is 43.3 Å². The second-order valence-electron chi connectivity index (χ2n) is 6.17. The van der Waals surface area contributed by atoms with E-state index in [1.54, 1.807) is 19.1 Å². The number of amides is 1. The maximum atomic E-state index is 12.4. The molecule has 0 aromatic heterocycles. The van der Waals surface area contributed by atoms with E-state index >= 15 is 0 Å². The molecule has 0 unspecified atom stereocenters. The normalized spacial score (nSPS) is 15.8. The maximum Gasteiger partial charge on any atom is 0.344 e. The van der Waals surface area contributed by atoms with E-state index in [4.69, 9.17) is 14.2 Å². The number of halogens is 1. The monoisotopic (exact) mass is 552 g/mol. The number of esters is 1. The Morgan fingerprint density at radius 2 is 1.94 bits per heavy atom. The Morgan fingerprint density at radius 3 is 2.65 bits per heavy atom. The van der Waals surface area contributed by atoms with Gasteiger partial charge < -0.3 is 19.5 Å². The summed E-state index contributed by atoms with van der Waals surface area (Å²) < 4.78 is 17.0. The molecule has 0 radical (unpaired) electrons. The van der Waals surface area contributed by atoms with Gasteiger partial charge in [-0.15, -0.1) is 0 Å². The van der Waals surface area contributed by atoms with Crippen molar-refractivity contribution in [2.45, 2.75) is 13.8 Å². The number of ether oxygens (including phenoxy) is 3. The molecule has 0 spiro atoms. The van der Waals surface area contributed by atoms with Gasteiger partial charge in [-0.25, -0.2) is 9.79 Å². The smallest absolute Gasteiger partial charge is 0.344 e. The first-order valence-corrected chi connectivity index (χ1v) is 11.5. The number of para-hydroxylation sites is 1. The van der Waals surface area contributed by atoms with Crippen molar-refractivity contribution in [3.8, 4) is 11.5 Å². The Labute approximate surface area is 198 Å². The number of nitrogens with zero attached hydrogens (tertiary/aromatic N) is 1. The van der Waals surface area contributed by atoms with Crippen LogP contribution in [0.1, 0.15) is 19.4 Å². The van der Waals surface area contributed by atoms with Crippen LogP contribution in [0.15, 0.2) is 52.4 Å². The summed E-state index contributed by atoms with van der Waals surface area (Å²) >= 11 is 3.39. The third kappa shape index (κ3) is 6.47. The van der Waals surface area contributed by atoms with Gasteiger partial charge in [-0.3, -0.25) is 4.79 Å². The van der Waals surface area contributed by atoms with Crippen LogP contribution in [0.4, 0.5) is 5.69 Å². The number of thioether (sulfide) groups is 1. The molecule has 1 aliphatic rings. The fourth-order valence-corrected chi connectivity index (χ4v) is 4.28. The van der Waals surface area contributed by atoms with Crippen molar-refractivity contribution in [2.24, 2.45) is 4.99 Å². The van der Waals surface area contributed by atoms with Crippen molar-refractivity contribution in [1.82, 2.24) is 5.32 Å². The van der Waals surface area contributed by atoms with Gasteiger partial charge in [0.2, 0.25) is 0 Å². The molecule has 2 aromatic rings. The number of hydrogen-bond donors (Lipinski definition) is 1. The van der Waals surface area contributed by atoms with Crippen LogP contribution in [0.3, 0.4) is 0 Å². The molecular formula is C22H21IN2O5S. The summed E-state index contributed by atoms with van der Waals surface area (Å²) in [6, 6.07) is 13.1. The zero-order chi connectivity index (χ0) is 22.2. The van der Waals surface area contributed by atoms with Crippen LogP contribution in [-0.2, 0) is 14.3 Å². The molecule has 1 heterocycles. The number of amidine groups is 1. The molecule has 0 aliphatic carbocycles. The minimum Gasteiger partial charge on any atom is -0.490 e. The van der Waals surface area contributed by atoms with Gasteiger partial charge in [-0.05, 0) is 84.1 Å². The first-order chi connectivity index (χ1) is 15.0. The van der Waals surface area contributed by atoms with Gasteiger partial charge in [-0.1, -0.05) is 18.2 Å². The second-order valence-corrected chi connectivity index (χ2v) is 8.37. The first-order valence-electron chi connectivity index (χ1n) is 9.59. The largest absolute Gasteiger partial charge is 0.490 e. The lowest BCUT2D eigenvalue weighted by atomic mass is 10.2.